The maximum Gasteiger partial charge on any atom is 0.256 e. The van der Waals surface area contributed by atoms with Crippen molar-refractivity contribution < 1.29 is 13.6 Å². The fourth-order valence-electron chi connectivity index (χ4n) is 2.80. The number of nitrogens with two attached hydrogens (primary N) is 1. The fourth-order valence-corrected chi connectivity index (χ4v) is 2.80. The molecule has 2 unspecified atom stereocenters. The summed E-state index contributed by atoms with van der Waals surface area (Å²) in [5.41, 5.74) is 5.47. The summed E-state index contributed by atoms with van der Waals surface area (Å²) >= 11 is 0. The standard InChI is InChI=1S/C14H18F2N2O/c1-18(13-4-2-3-9(13)8-17)14(19)11-7-10(15)5-6-12(11)16/h5-7,9,13H,2-4,8,17H2,1H3. The van der Waals surface area contributed by atoms with Gasteiger partial charge >= 0.3 is 0 Å². The van der Waals surface area contributed by atoms with E-state index in [9.17, 15) is 13.6 Å². The Bertz CT molecular complexity index is 479. The highest BCUT2D eigenvalue weighted by Crippen LogP contribution is 2.29. The highest BCUT2D eigenvalue weighted by atomic mass is 19.1. The molecule has 2 N–H and O–H groups in total. The third-order valence-corrected chi connectivity index (χ3v) is 3.90. The molecule has 0 heterocycles. The lowest BCUT2D eigenvalue weighted by molar-refractivity contribution is 0.0694. The minimum Gasteiger partial charge on any atom is -0.338 e. The second kappa shape index (κ2) is 5.65. The zero-order valence-electron chi connectivity index (χ0n) is 10.9. The van der Waals surface area contributed by atoms with Crippen LogP contribution >= 0.6 is 0 Å². The van der Waals surface area contributed by atoms with E-state index >= 15 is 0 Å². The van der Waals surface area contributed by atoms with Crippen molar-refractivity contribution in [2.24, 2.45) is 11.7 Å². The fraction of sp³-hybridized carbons (Fsp3) is 0.500. The maximum absolute atomic E-state index is 13.6. The first-order valence-electron chi connectivity index (χ1n) is 6.47. The largest absolute Gasteiger partial charge is 0.338 e. The van der Waals surface area contributed by atoms with E-state index in [1.165, 1.54) is 4.90 Å². The van der Waals surface area contributed by atoms with E-state index in [0.29, 0.717) is 6.54 Å². The minimum atomic E-state index is -0.694. The Morgan fingerprint density at radius 1 is 1.42 bits per heavy atom. The molecule has 0 aliphatic heterocycles. The average Bonchev–Trinajstić information content (AvgIpc) is 2.88. The number of carbonyl (C=O) groups is 1. The molecule has 1 aliphatic rings. The smallest absolute Gasteiger partial charge is 0.256 e. The molecule has 0 spiro atoms. The summed E-state index contributed by atoms with van der Waals surface area (Å²) in [6.45, 7) is 0.508. The van der Waals surface area contributed by atoms with Gasteiger partial charge in [-0.25, -0.2) is 8.78 Å². The quantitative estimate of drug-likeness (QED) is 0.913. The molecule has 1 fully saturated rings. The number of rotatable bonds is 3. The van der Waals surface area contributed by atoms with Crippen LogP contribution in [-0.2, 0) is 0 Å². The van der Waals surface area contributed by atoms with Gasteiger partial charge < -0.3 is 10.6 Å². The SMILES string of the molecule is CN(C(=O)c1cc(F)ccc1F)C1CCCC1CN. The van der Waals surface area contributed by atoms with Gasteiger partial charge in [-0.2, -0.15) is 0 Å². The van der Waals surface area contributed by atoms with E-state index in [2.05, 4.69) is 0 Å². The molecule has 2 rings (SSSR count). The van der Waals surface area contributed by atoms with Crippen molar-refractivity contribution in [3.63, 3.8) is 0 Å². The maximum atomic E-state index is 13.6. The van der Waals surface area contributed by atoms with Crippen LogP contribution in [0.25, 0.3) is 0 Å². The molecule has 1 aromatic rings. The Morgan fingerprint density at radius 3 is 2.84 bits per heavy atom. The summed E-state index contributed by atoms with van der Waals surface area (Å²) in [6, 6.07) is 2.94. The van der Waals surface area contributed by atoms with Gasteiger partial charge in [-0.15, -0.1) is 0 Å². The van der Waals surface area contributed by atoms with Crippen molar-refractivity contribution in [3.05, 3.63) is 35.4 Å². The summed E-state index contributed by atoms with van der Waals surface area (Å²) in [5.74, 6) is -1.55. The van der Waals surface area contributed by atoms with Crippen molar-refractivity contribution >= 4 is 5.91 Å². The van der Waals surface area contributed by atoms with Crippen LogP contribution in [-0.4, -0.2) is 30.4 Å². The Hall–Kier alpha value is -1.49. The van der Waals surface area contributed by atoms with Gasteiger partial charge in [0, 0.05) is 13.1 Å². The van der Waals surface area contributed by atoms with Crippen LogP contribution in [0.2, 0.25) is 0 Å². The van der Waals surface area contributed by atoms with E-state index in [1.54, 1.807) is 7.05 Å². The molecular weight excluding hydrogens is 250 g/mol. The van der Waals surface area contributed by atoms with Gasteiger partial charge in [0.05, 0.1) is 5.56 Å². The first-order chi connectivity index (χ1) is 9.04. The molecule has 0 aromatic heterocycles. The van der Waals surface area contributed by atoms with Gasteiger partial charge in [0.15, 0.2) is 0 Å². The third-order valence-electron chi connectivity index (χ3n) is 3.90. The summed E-state index contributed by atoms with van der Waals surface area (Å²) in [7, 11) is 1.63. The Labute approximate surface area is 111 Å². The predicted octanol–water partition coefficient (Wildman–Crippen LogP) is 2.16. The number of hydrogen-bond donors (Lipinski definition) is 1. The van der Waals surface area contributed by atoms with Crippen LogP contribution in [0, 0.1) is 17.6 Å². The highest BCUT2D eigenvalue weighted by molar-refractivity contribution is 5.94. The van der Waals surface area contributed by atoms with Gasteiger partial charge in [-0.05, 0) is 43.5 Å². The molecular formula is C14H18F2N2O. The summed E-state index contributed by atoms with van der Waals surface area (Å²) < 4.78 is 26.7. The molecule has 1 aliphatic carbocycles. The van der Waals surface area contributed by atoms with Crippen molar-refractivity contribution in [1.29, 1.82) is 0 Å². The van der Waals surface area contributed by atoms with Crippen LogP contribution in [0.4, 0.5) is 8.78 Å². The zero-order chi connectivity index (χ0) is 14.0. The molecule has 3 nitrogen and oxygen atoms in total. The van der Waals surface area contributed by atoms with Gasteiger partial charge in [-0.3, -0.25) is 4.79 Å². The van der Waals surface area contributed by atoms with E-state index in [-0.39, 0.29) is 17.5 Å². The molecule has 2 atom stereocenters. The number of halogens is 2. The number of carbonyl (C=O) groups excluding carboxylic acids is 1. The second-order valence-corrected chi connectivity index (χ2v) is 5.03. The number of benzene rings is 1. The first kappa shape index (κ1) is 13.9. The van der Waals surface area contributed by atoms with E-state index in [1.807, 2.05) is 0 Å². The number of hydrogen-bond acceptors (Lipinski definition) is 2. The molecule has 0 radical (unpaired) electrons. The number of amides is 1. The van der Waals surface area contributed by atoms with Gasteiger partial charge in [0.1, 0.15) is 11.6 Å². The molecule has 19 heavy (non-hydrogen) atoms. The second-order valence-electron chi connectivity index (χ2n) is 5.03. The molecule has 5 heteroatoms. The first-order valence-corrected chi connectivity index (χ1v) is 6.47. The van der Waals surface area contributed by atoms with Crippen LogP contribution in [0.3, 0.4) is 0 Å². The van der Waals surface area contributed by atoms with Gasteiger partial charge in [-0.1, -0.05) is 6.42 Å². The van der Waals surface area contributed by atoms with Crippen LogP contribution in [0.5, 0.6) is 0 Å². The Kier molecular flexibility index (Phi) is 4.14. The molecule has 0 bridgehead atoms. The molecule has 1 saturated carbocycles. The number of nitrogens with zero attached hydrogens (tertiary/aromatic N) is 1. The highest BCUT2D eigenvalue weighted by Gasteiger charge is 2.32. The molecule has 0 saturated heterocycles. The molecule has 1 aromatic carbocycles. The minimum absolute atomic E-state index is 0.0140. The van der Waals surface area contributed by atoms with E-state index in [4.69, 9.17) is 5.73 Å². The zero-order valence-corrected chi connectivity index (χ0v) is 10.9. The summed E-state index contributed by atoms with van der Waals surface area (Å²) in [4.78, 5) is 13.7. The van der Waals surface area contributed by atoms with Crippen molar-refractivity contribution in [3.8, 4) is 0 Å². The monoisotopic (exact) mass is 268 g/mol. The Balaban J connectivity index is 2.21. The van der Waals surface area contributed by atoms with E-state index < -0.39 is 17.5 Å². The summed E-state index contributed by atoms with van der Waals surface area (Å²) in [5, 5.41) is 0. The van der Waals surface area contributed by atoms with Gasteiger partial charge in [0.25, 0.3) is 5.91 Å². The molecule has 104 valence electrons. The van der Waals surface area contributed by atoms with Gasteiger partial charge in [0.2, 0.25) is 0 Å². The van der Waals surface area contributed by atoms with Crippen LogP contribution in [0.1, 0.15) is 29.6 Å². The topological polar surface area (TPSA) is 46.3 Å². The summed E-state index contributed by atoms with van der Waals surface area (Å²) in [6.07, 6.45) is 2.85. The van der Waals surface area contributed by atoms with Crippen molar-refractivity contribution in [1.82, 2.24) is 4.90 Å². The average molecular weight is 268 g/mol. The molecule has 1 amide bonds. The normalized spacial score (nSPS) is 22.5. The Morgan fingerprint density at radius 2 is 2.16 bits per heavy atom. The van der Waals surface area contributed by atoms with Crippen LogP contribution in [0.15, 0.2) is 18.2 Å². The lowest BCUT2D eigenvalue weighted by Crippen LogP contribution is -2.41. The van der Waals surface area contributed by atoms with Crippen molar-refractivity contribution in [2.45, 2.75) is 25.3 Å². The lowest BCUT2D eigenvalue weighted by Gasteiger charge is -2.29. The third kappa shape index (κ3) is 2.76. The van der Waals surface area contributed by atoms with E-state index in [0.717, 1.165) is 37.5 Å². The predicted molar refractivity (Wildman–Crippen MR) is 68.6 cm³/mol. The lowest BCUT2D eigenvalue weighted by atomic mass is 10.0. The van der Waals surface area contributed by atoms with Crippen LogP contribution < -0.4 is 5.73 Å². The van der Waals surface area contributed by atoms with Crippen molar-refractivity contribution in [2.75, 3.05) is 13.6 Å².